The Kier molecular flexibility index (Phi) is 2.34. The summed E-state index contributed by atoms with van der Waals surface area (Å²) in [6, 6.07) is 2.00. The Balaban J connectivity index is 2.68. The van der Waals surface area contributed by atoms with Crippen LogP contribution in [0.5, 0.6) is 0 Å². The molecular weight excluding hydrogens is 216 g/mol. The molecular formula is C10H9F2N3O. The van der Waals surface area contributed by atoms with Gasteiger partial charge in [-0.05, 0) is 6.92 Å². The molecule has 1 amide bonds. The molecule has 0 spiro atoms. The molecule has 0 atom stereocenters. The largest absolute Gasteiger partial charge is 0.368 e. The zero-order chi connectivity index (χ0) is 11.9. The lowest BCUT2D eigenvalue weighted by Gasteiger charge is -2.03. The minimum Gasteiger partial charge on any atom is -0.368 e. The first kappa shape index (κ1) is 10.5. The van der Waals surface area contributed by atoms with Crippen molar-refractivity contribution in [3.63, 3.8) is 0 Å². The first-order valence-corrected chi connectivity index (χ1v) is 4.59. The smallest absolute Gasteiger partial charge is 0.237 e. The van der Waals surface area contributed by atoms with Crippen LogP contribution in [-0.4, -0.2) is 15.5 Å². The Bertz CT molecular complexity index is 577. The number of amides is 1. The number of rotatable bonds is 2. The van der Waals surface area contributed by atoms with Crippen LogP contribution in [0.25, 0.3) is 11.0 Å². The van der Waals surface area contributed by atoms with Crippen molar-refractivity contribution >= 4 is 16.9 Å². The second-order valence-electron chi connectivity index (χ2n) is 3.47. The van der Waals surface area contributed by atoms with Crippen molar-refractivity contribution in [3.8, 4) is 0 Å². The van der Waals surface area contributed by atoms with Gasteiger partial charge < -0.3 is 10.3 Å². The quantitative estimate of drug-likeness (QED) is 0.832. The van der Waals surface area contributed by atoms with Crippen LogP contribution in [0.2, 0.25) is 0 Å². The summed E-state index contributed by atoms with van der Waals surface area (Å²) >= 11 is 0. The number of aryl methyl sites for hydroxylation is 1. The fourth-order valence-electron chi connectivity index (χ4n) is 1.60. The number of fused-ring (bicyclic) bond motifs is 1. The Morgan fingerprint density at radius 1 is 1.44 bits per heavy atom. The van der Waals surface area contributed by atoms with Crippen molar-refractivity contribution < 1.29 is 13.6 Å². The van der Waals surface area contributed by atoms with E-state index in [1.165, 1.54) is 4.57 Å². The number of halogens is 2. The van der Waals surface area contributed by atoms with Gasteiger partial charge in [-0.2, -0.15) is 0 Å². The van der Waals surface area contributed by atoms with E-state index in [2.05, 4.69) is 4.98 Å². The number of imidazole rings is 1. The lowest BCUT2D eigenvalue weighted by atomic mass is 10.3. The zero-order valence-electron chi connectivity index (χ0n) is 8.50. The Morgan fingerprint density at radius 3 is 2.69 bits per heavy atom. The van der Waals surface area contributed by atoms with Gasteiger partial charge >= 0.3 is 0 Å². The third-order valence-corrected chi connectivity index (χ3v) is 2.30. The van der Waals surface area contributed by atoms with Crippen LogP contribution in [-0.2, 0) is 11.3 Å². The summed E-state index contributed by atoms with van der Waals surface area (Å²) in [6.07, 6.45) is 0. The van der Waals surface area contributed by atoms with Crippen LogP contribution in [0.4, 0.5) is 8.78 Å². The highest BCUT2D eigenvalue weighted by Crippen LogP contribution is 2.19. The molecule has 84 valence electrons. The standard InChI is InChI=1S/C10H9F2N3O/c1-5-14-8-2-6(11)7(12)3-9(8)15(5)4-10(13)16/h2-3H,4H2,1H3,(H2,13,16). The molecule has 2 N–H and O–H groups in total. The van der Waals surface area contributed by atoms with E-state index in [1.807, 2.05) is 0 Å². The maximum atomic E-state index is 13.0. The summed E-state index contributed by atoms with van der Waals surface area (Å²) in [6.45, 7) is 1.53. The first-order valence-electron chi connectivity index (χ1n) is 4.59. The van der Waals surface area contributed by atoms with E-state index in [4.69, 9.17) is 5.73 Å². The van der Waals surface area contributed by atoms with Gasteiger partial charge in [0.15, 0.2) is 11.6 Å². The van der Waals surface area contributed by atoms with Crippen molar-refractivity contribution in [3.05, 3.63) is 29.6 Å². The Hall–Kier alpha value is -1.98. The Morgan fingerprint density at radius 2 is 2.06 bits per heavy atom. The van der Waals surface area contributed by atoms with Crippen molar-refractivity contribution in [2.24, 2.45) is 5.73 Å². The average molecular weight is 225 g/mol. The van der Waals surface area contributed by atoms with E-state index in [-0.39, 0.29) is 6.54 Å². The SMILES string of the molecule is Cc1nc2cc(F)c(F)cc2n1CC(N)=O. The molecule has 0 unspecified atom stereocenters. The molecule has 0 radical (unpaired) electrons. The van der Waals surface area contributed by atoms with Gasteiger partial charge in [0.2, 0.25) is 5.91 Å². The van der Waals surface area contributed by atoms with Gasteiger partial charge in [-0.15, -0.1) is 0 Å². The topological polar surface area (TPSA) is 60.9 Å². The number of nitrogens with two attached hydrogens (primary N) is 1. The normalized spacial score (nSPS) is 10.9. The maximum absolute atomic E-state index is 13.0. The van der Waals surface area contributed by atoms with Gasteiger partial charge in [-0.3, -0.25) is 4.79 Å². The van der Waals surface area contributed by atoms with Crippen LogP contribution >= 0.6 is 0 Å². The third kappa shape index (κ3) is 1.62. The molecule has 0 aliphatic rings. The highest BCUT2D eigenvalue weighted by molar-refractivity contribution is 5.80. The van der Waals surface area contributed by atoms with Crippen molar-refractivity contribution in [2.45, 2.75) is 13.5 Å². The molecule has 1 aromatic heterocycles. The molecule has 4 nitrogen and oxygen atoms in total. The molecule has 16 heavy (non-hydrogen) atoms. The minimum atomic E-state index is -0.974. The number of carbonyl (C=O) groups excluding carboxylic acids is 1. The van der Waals surface area contributed by atoms with E-state index in [9.17, 15) is 13.6 Å². The number of nitrogens with zero attached hydrogens (tertiary/aromatic N) is 2. The molecule has 0 saturated carbocycles. The second-order valence-corrected chi connectivity index (χ2v) is 3.47. The first-order chi connectivity index (χ1) is 7.49. The van der Waals surface area contributed by atoms with Gasteiger partial charge in [0.05, 0.1) is 11.0 Å². The lowest BCUT2D eigenvalue weighted by Crippen LogP contribution is -2.19. The number of aromatic nitrogens is 2. The predicted octanol–water partition coefficient (Wildman–Crippen LogP) is 1.11. The molecule has 6 heteroatoms. The van der Waals surface area contributed by atoms with Gasteiger partial charge in [0.25, 0.3) is 0 Å². The van der Waals surface area contributed by atoms with Crippen molar-refractivity contribution in [2.75, 3.05) is 0 Å². The van der Waals surface area contributed by atoms with Crippen LogP contribution < -0.4 is 5.73 Å². The van der Waals surface area contributed by atoms with Gasteiger partial charge in [-0.1, -0.05) is 0 Å². The molecule has 0 aliphatic carbocycles. The van der Waals surface area contributed by atoms with Crippen LogP contribution in [0.15, 0.2) is 12.1 Å². The fraction of sp³-hybridized carbons (Fsp3) is 0.200. The summed E-state index contributed by atoms with van der Waals surface area (Å²) in [5, 5.41) is 0. The fourth-order valence-corrected chi connectivity index (χ4v) is 1.60. The van der Waals surface area contributed by atoms with Crippen molar-refractivity contribution in [1.82, 2.24) is 9.55 Å². The average Bonchev–Trinajstić information content (AvgIpc) is 2.45. The summed E-state index contributed by atoms with van der Waals surface area (Å²) in [7, 11) is 0. The summed E-state index contributed by atoms with van der Waals surface area (Å²) in [4.78, 5) is 14.8. The van der Waals surface area contributed by atoms with Gasteiger partial charge in [-0.25, -0.2) is 13.8 Å². The molecule has 0 bridgehead atoms. The summed E-state index contributed by atoms with van der Waals surface area (Å²) in [5.41, 5.74) is 5.72. The molecule has 2 aromatic rings. The lowest BCUT2D eigenvalue weighted by molar-refractivity contribution is -0.118. The van der Waals surface area contributed by atoms with E-state index < -0.39 is 17.5 Å². The second kappa shape index (κ2) is 3.55. The maximum Gasteiger partial charge on any atom is 0.237 e. The predicted molar refractivity (Wildman–Crippen MR) is 53.6 cm³/mol. The van der Waals surface area contributed by atoms with Gasteiger partial charge in [0, 0.05) is 12.1 Å². The van der Waals surface area contributed by atoms with Crippen molar-refractivity contribution in [1.29, 1.82) is 0 Å². The summed E-state index contributed by atoms with van der Waals surface area (Å²) < 4.78 is 27.4. The number of carbonyl (C=O) groups is 1. The molecule has 1 heterocycles. The minimum absolute atomic E-state index is 0.104. The van der Waals surface area contributed by atoms with E-state index in [0.717, 1.165) is 12.1 Å². The highest BCUT2D eigenvalue weighted by atomic mass is 19.2. The van der Waals surface area contributed by atoms with Crippen LogP contribution in [0, 0.1) is 18.6 Å². The number of hydrogen-bond acceptors (Lipinski definition) is 2. The highest BCUT2D eigenvalue weighted by Gasteiger charge is 2.12. The van der Waals surface area contributed by atoms with E-state index in [0.29, 0.717) is 16.9 Å². The molecule has 2 rings (SSSR count). The molecule has 0 aliphatic heterocycles. The zero-order valence-corrected chi connectivity index (χ0v) is 8.50. The van der Waals surface area contributed by atoms with Crippen LogP contribution in [0.3, 0.4) is 0 Å². The van der Waals surface area contributed by atoms with E-state index >= 15 is 0 Å². The molecule has 1 aromatic carbocycles. The number of benzene rings is 1. The molecule has 0 fully saturated rings. The Labute approximate surface area is 89.7 Å². The summed E-state index contributed by atoms with van der Waals surface area (Å²) in [5.74, 6) is -2.01. The number of hydrogen-bond donors (Lipinski definition) is 1. The monoisotopic (exact) mass is 225 g/mol. The van der Waals surface area contributed by atoms with Gasteiger partial charge in [0.1, 0.15) is 12.4 Å². The third-order valence-electron chi connectivity index (χ3n) is 2.30. The molecule has 0 saturated heterocycles. The van der Waals surface area contributed by atoms with Crippen LogP contribution in [0.1, 0.15) is 5.82 Å². The van der Waals surface area contributed by atoms with E-state index in [1.54, 1.807) is 6.92 Å². The number of primary amides is 1.